The van der Waals surface area contributed by atoms with E-state index in [9.17, 15) is 14.0 Å². The lowest BCUT2D eigenvalue weighted by Crippen LogP contribution is -2.12. The van der Waals surface area contributed by atoms with Crippen molar-refractivity contribution in [2.75, 3.05) is 10.6 Å². The van der Waals surface area contributed by atoms with Crippen molar-refractivity contribution < 1.29 is 14.0 Å². The number of Topliss-reactive ketones (excluding diaryl/α,β-unsaturated/α-hetero) is 1. The van der Waals surface area contributed by atoms with Crippen LogP contribution in [0.2, 0.25) is 0 Å². The Labute approximate surface area is 101 Å². The van der Waals surface area contributed by atoms with Crippen LogP contribution in [0.4, 0.5) is 10.1 Å². The van der Waals surface area contributed by atoms with Gasteiger partial charge in [-0.2, -0.15) is 0 Å². The quantitative estimate of drug-likeness (QED) is 0.686. The second-order valence-corrected chi connectivity index (χ2v) is 3.95. The average Bonchev–Trinajstić information content (AvgIpc) is 2.21. The normalized spacial score (nSPS) is 10.0. The Balaban J connectivity index is 3.27. The Kier molecular flexibility index (Phi) is 4.18. The molecule has 0 fully saturated rings. The van der Waals surface area contributed by atoms with E-state index < -0.39 is 5.82 Å². The maximum atomic E-state index is 13.3. The number of anilines is 1. The SMILES string of the molecule is CC(=O)Nc1cc(F)c(C)cc1C(=O)CBr. The minimum atomic E-state index is -0.449. The second kappa shape index (κ2) is 5.21. The van der Waals surface area contributed by atoms with Crippen molar-refractivity contribution in [2.45, 2.75) is 13.8 Å². The lowest BCUT2D eigenvalue weighted by Gasteiger charge is -2.09. The highest BCUT2D eigenvalue weighted by Crippen LogP contribution is 2.21. The first-order valence-electron chi connectivity index (χ1n) is 4.62. The Bertz CT molecular complexity index is 446. The molecule has 5 heteroatoms. The molecule has 16 heavy (non-hydrogen) atoms. The first-order valence-corrected chi connectivity index (χ1v) is 5.74. The van der Waals surface area contributed by atoms with Crippen molar-refractivity contribution in [1.82, 2.24) is 0 Å². The molecule has 0 unspecified atom stereocenters. The Morgan fingerprint density at radius 1 is 1.44 bits per heavy atom. The standard InChI is InChI=1S/C11H11BrFNO2/c1-6-3-8(11(16)5-12)10(4-9(6)13)14-7(2)15/h3-4H,5H2,1-2H3,(H,14,15). The molecule has 0 bridgehead atoms. The molecule has 0 spiro atoms. The van der Waals surface area contributed by atoms with Gasteiger partial charge in [0.2, 0.25) is 5.91 Å². The van der Waals surface area contributed by atoms with Gasteiger partial charge in [-0.3, -0.25) is 9.59 Å². The number of carbonyl (C=O) groups excluding carboxylic acids is 2. The molecule has 0 atom stereocenters. The predicted octanol–water partition coefficient (Wildman–Crippen LogP) is 2.67. The molecule has 0 aliphatic carbocycles. The van der Waals surface area contributed by atoms with E-state index in [0.29, 0.717) is 11.1 Å². The van der Waals surface area contributed by atoms with Crippen molar-refractivity contribution in [1.29, 1.82) is 0 Å². The molecule has 1 amide bonds. The summed E-state index contributed by atoms with van der Waals surface area (Å²) in [4.78, 5) is 22.5. The number of benzene rings is 1. The summed E-state index contributed by atoms with van der Waals surface area (Å²) < 4.78 is 13.3. The molecule has 3 nitrogen and oxygen atoms in total. The zero-order valence-electron chi connectivity index (χ0n) is 8.93. The van der Waals surface area contributed by atoms with E-state index >= 15 is 0 Å². The first-order chi connectivity index (χ1) is 7.45. The summed E-state index contributed by atoms with van der Waals surface area (Å²) in [6.45, 7) is 2.87. The number of ketones is 1. The summed E-state index contributed by atoms with van der Waals surface area (Å²) in [5.41, 5.74) is 0.893. The molecule has 86 valence electrons. The lowest BCUT2D eigenvalue weighted by molar-refractivity contribution is -0.114. The third-order valence-corrected chi connectivity index (χ3v) is 2.54. The van der Waals surface area contributed by atoms with Crippen LogP contribution >= 0.6 is 15.9 Å². The third kappa shape index (κ3) is 2.88. The minimum absolute atomic E-state index is 0.130. The molecule has 0 saturated heterocycles. The fraction of sp³-hybridized carbons (Fsp3) is 0.273. The molecular formula is C11H11BrFNO2. The summed E-state index contributed by atoms with van der Waals surface area (Å²) in [6, 6.07) is 2.59. The number of carbonyl (C=O) groups is 2. The Morgan fingerprint density at radius 2 is 2.06 bits per heavy atom. The monoisotopic (exact) mass is 287 g/mol. The van der Waals surface area contributed by atoms with Crippen LogP contribution in [-0.4, -0.2) is 17.0 Å². The average molecular weight is 288 g/mol. The van der Waals surface area contributed by atoms with Gasteiger partial charge >= 0.3 is 0 Å². The van der Waals surface area contributed by atoms with Gasteiger partial charge in [-0.1, -0.05) is 15.9 Å². The summed E-state index contributed by atoms with van der Waals surface area (Å²) in [5.74, 6) is -0.992. The molecule has 0 aliphatic heterocycles. The molecule has 1 aromatic rings. The maximum Gasteiger partial charge on any atom is 0.221 e. The topological polar surface area (TPSA) is 46.2 Å². The van der Waals surface area contributed by atoms with Crippen LogP contribution in [0.15, 0.2) is 12.1 Å². The van der Waals surface area contributed by atoms with Gasteiger partial charge in [0.1, 0.15) is 5.82 Å². The zero-order chi connectivity index (χ0) is 12.3. The van der Waals surface area contributed by atoms with Crippen molar-refractivity contribution in [3.8, 4) is 0 Å². The smallest absolute Gasteiger partial charge is 0.221 e. The van der Waals surface area contributed by atoms with Crippen LogP contribution in [0.1, 0.15) is 22.8 Å². The van der Waals surface area contributed by atoms with Gasteiger partial charge < -0.3 is 5.32 Å². The Morgan fingerprint density at radius 3 is 2.56 bits per heavy atom. The summed E-state index contributed by atoms with van der Waals surface area (Å²) >= 11 is 3.04. The van der Waals surface area contributed by atoms with Crippen LogP contribution in [0, 0.1) is 12.7 Å². The number of aryl methyl sites for hydroxylation is 1. The van der Waals surface area contributed by atoms with Crippen LogP contribution in [0.25, 0.3) is 0 Å². The number of rotatable bonds is 3. The van der Waals surface area contributed by atoms with E-state index in [1.54, 1.807) is 6.92 Å². The van der Waals surface area contributed by atoms with Crippen molar-refractivity contribution >= 4 is 33.3 Å². The number of hydrogen-bond acceptors (Lipinski definition) is 2. The second-order valence-electron chi connectivity index (χ2n) is 3.38. The fourth-order valence-electron chi connectivity index (χ4n) is 1.28. The van der Waals surface area contributed by atoms with E-state index in [2.05, 4.69) is 21.2 Å². The predicted molar refractivity (Wildman–Crippen MR) is 63.6 cm³/mol. The first kappa shape index (κ1) is 12.8. The van der Waals surface area contributed by atoms with Crippen molar-refractivity contribution in [3.05, 3.63) is 29.1 Å². The summed E-state index contributed by atoms with van der Waals surface area (Å²) in [6.07, 6.45) is 0. The molecule has 0 saturated carbocycles. The van der Waals surface area contributed by atoms with Crippen molar-refractivity contribution in [2.24, 2.45) is 0 Å². The number of alkyl halides is 1. The third-order valence-electron chi connectivity index (χ3n) is 2.03. The number of hydrogen-bond donors (Lipinski definition) is 1. The van der Waals surface area contributed by atoms with Gasteiger partial charge in [-0.25, -0.2) is 4.39 Å². The van der Waals surface area contributed by atoms with Gasteiger partial charge in [-0.05, 0) is 24.6 Å². The van der Waals surface area contributed by atoms with Gasteiger partial charge in [-0.15, -0.1) is 0 Å². The van der Waals surface area contributed by atoms with Crippen LogP contribution in [-0.2, 0) is 4.79 Å². The van der Waals surface area contributed by atoms with E-state index in [1.165, 1.54) is 13.0 Å². The summed E-state index contributed by atoms with van der Waals surface area (Å²) in [5, 5.41) is 2.57. The molecule has 1 N–H and O–H groups in total. The Hall–Kier alpha value is -1.23. The van der Waals surface area contributed by atoms with Gasteiger partial charge in [0.15, 0.2) is 5.78 Å². The summed E-state index contributed by atoms with van der Waals surface area (Å²) in [7, 11) is 0. The molecule has 0 radical (unpaired) electrons. The van der Waals surface area contributed by atoms with Crippen molar-refractivity contribution in [3.63, 3.8) is 0 Å². The molecule has 0 heterocycles. The zero-order valence-corrected chi connectivity index (χ0v) is 10.5. The fourth-order valence-corrected chi connectivity index (χ4v) is 1.58. The lowest BCUT2D eigenvalue weighted by atomic mass is 10.1. The van der Waals surface area contributed by atoms with E-state index in [0.717, 1.165) is 6.07 Å². The van der Waals surface area contributed by atoms with Gasteiger partial charge in [0.25, 0.3) is 0 Å². The molecular weight excluding hydrogens is 277 g/mol. The van der Waals surface area contributed by atoms with Gasteiger partial charge in [0.05, 0.1) is 11.0 Å². The number of amides is 1. The number of halogens is 2. The highest BCUT2D eigenvalue weighted by atomic mass is 79.9. The highest BCUT2D eigenvalue weighted by molar-refractivity contribution is 9.09. The molecule has 0 aliphatic rings. The van der Waals surface area contributed by atoms with E-state index in [-0.39, 0.29) is 22.7 Å². The molecule has 1 aromatic carbocycles. The van der Waals surface area contributed by atoms with E-state index in [1.807, 2.05) is 0 Å². The highest BCUT2D eigenvalue weighted by Gasteiger charge is 2.14. The van der Waals surface area contributed by atoms with Crippen LogP contribution < -0.4 is 5.32 Å². The minimum Gasteiger partial charge on any atom is -0.326 e. The van der Waals surface area contributed by atoms with Gasteiger partial charge in [0, 0.05) is 12.5 Å². The molecule has 0 aromatic heterocycles. The van der Waals surface area contributed by atoms with E-state index in [4.69, 9.17) is 0 Å². The molecule has 1 rings (SSSR count). The largest absolute Gasteiger partial charge is 0.326 e. The van der Waals surface area contributed by atoms with Crippen LogP contribution in [0.3, 0.4) is 0 Å². The van der Waals surface area contributed by atoms with Crippen LogP contribution in [0.5, 0.6) is 0 Å². The number of nitrogens with one attached hydrogen (secondary N) is 1. The maximum absolute atomic E-state index is 13.3.